The number of hydrogen-bond acceptors (Lipinski definition) is 3. The van der Waals surface area contributed by atoms with Gasteiger partial charge in [0.1, 0.15) is 0 Å². The van der Waals surface area contributed by atoms with Crippen molar-refractivity contribution >= 4 is 11.5 Å². The lowest BCUT2D eigenvalue weighted by molar-refractivity contribution is 0.0683. The van der Waals surface area contributed by atoms with Gasteiger partial charge in [-0.3, -0.25) is 9.38 Å². The zero-order valence-electron chi connectivity index (χ0n) is 13.1. The first-order valence-corrected chi connectivity index (χ1v) is 7.85. The Kier molecular flexibility index (Phi) is 4.37. The molecular formula is C18H19N3O2. The minimum Gasteiger partial charge on any atom is -0.475 e. The maximum atomic E-state index is 11.1. The van der Waals surface area contributed by atoms with Gasteiger partial charge in [0.25, 0.3) is 0 Å². The van der Waals surface area contributed by atoms with Crippen molar-refractivity contribution in [1.29, 1.82) is 0 Å². The molecule has 3 heterocycles. The molecule has 118 valence electrons. The molecule has 5 heteroatoms. The first kappa shape index (κ1) is 15.2. The number of rotatable bonds is 6. The molecule has 3 aromatic rings. The van der Waals surface area contributed by atoms with Crippen molar-refractivity contribution in [3.63, 3.8) is 0 Å². The van der Waals surface area contributed by atoms with E-state index < -0.39 is 5.97 Å². The van der Waals surface area contributed by atoms with Gasteiger partial charge in [-0.05, 0) is 36.6 Å². The molecule has 0 saturated heterocycles. The third-order valence-electron chi connectivity index (χ3n) is 3.94. The number of imidazole rings is 1. The number of aromatic nitrogens is 3. The number of carboxylic acid groups (broad SMARTS) is 1. The van der Waals surface area contributed by atoms with E-state index in [-0.39, 0.29) is 5.82 Å². The van der Waals surface area contributed by atoms with Gasteiger partial charge in [0.15, 0.2) is 0 Å². The lowest BCUT2D eigenvalue weighted by atomic mass is 10.0. The Morgan fingerprint density at radius 1 is 1.26 bits per heavy atom. The largest absolute Gasteiger partial charge is 0.475 e. The fourth-order valence-corrected chi connectivity index (χ4v) is 2.77. The average molecular weight is 309 g/mol. The third-order valence-corrected chi connectivity index (χ3v) is 3.94. The van der Waals surface area contributed by atoms with Gasteiger partial charge in [0.2, 0.25) is 5.82 Å². The number of pyridine rings is 2. The van der Waals surface area contributed by atoms with Crippen molar-refractivity contribution in [3.8, 4) is 11.1 Å². The van der Waals surface area contributed by atoms with Gasteiger partial charge in [-0.2, -0.15) is 0 Å². The van der Waals surface area contributed by atoms with Crippen LogP contribution in [0.25, 0.3) is 16.6 Å². The van der Waals surface area contributed by atoms with Gasteiger partial charge in [-0.15, -0.1) is 0 Å². The molecule has 5 nitrogen and oxygen atoms in total. The van der Waals surface area contributed by atoms with E-state index in [9.17, 15) is 4.79 Å². The summed E-state index contributed by atoms with van der Waals surface area (Å²) >= 11 is 0. The fraction of sp³-hybridized carbons (Fsp3) is 0.278. The summed E-state index contributed by atoms with van der Waals surface area (Å²) in [6.45, 7) is 2.19. The number of hydrogen-bond donors (Lipinski definition) is 1. The number of nitrogens with zero attached hydrogens (tertiary/aromatic N) is 3. The van der Waals surface area contributed by atoms with Crippen molar-refractivity contribution < 1.29 is 9.90 Å². The van der Waals surface area contributed by atoms with E-state index in [0.717, 1.165) is 35.2 Å². The molecule has 3 rings (SSSR count). The average Bonchev–Trinajstić information content (AvgIpc) is 2.99. The Labute approximate surface area is 134 Å². The van der Waals surface area contributed by atoms with E-state index in [4.69, 9.17) is 5.11 Å². The van der Waals surface area contributed by atoms with Gasteiger partial charge in [0.05, 0.1) is 11.7 Å². The van der Waals surface area contributed by atoms with Crippen molar-refractivity contribution in [2.24, 2.45) is 0 Å². The molecule has 23 heavy (non-hydrogen) atoms. The van der Waals surface area contributed by atoms with Crippen LogP contribution in [0.1, 0.15) is 42.5 Å². The van der Waals surface area contributed by atoms with Crippen LogP contribution < -0.4 is 0 Å². The number of unbranched alkanes of at least 4 members (excludes halogenated alkanes) is 2. The van der Waals surface area contributed by atoms with Gasteiger partial charge in [-0.1, -0.05) is 25.8 Å². The van der Waals surface area contributed by atoms with E-state index >= 15 is 0 Å². The van der Waals surface area contributed by atoms with Crippen LogP contribution >= 0.6 is 0 Å². The second-order valence-corrected chi connectivity index (χ2v) is 5.55. The first-order chi connectivity index (χ1) is 11.2. The summed E-state index contributed by atoms with van der Waals surface area (Å²) in [5, 5.41) is 9.13. The van der Waals surface area contributed by atoms with Crippen LogP contribution in [0.5, 0.6) is 0 Å². The van der Waals surface area contributed by atoms with Crippen molar-refractivity contribution in [2.45, 2.75) is 32.6 Å². The van der Waals surface area contributed by atoms with Crippen LogP contribution in [0.2, 0.25) is 0 Å². The highest BCUT2D eigenvalue weighted by Crippen LogP contribution is 2.25. The van der Waals surface area contributed by atoms with Crippen LogP contribution in [0.15, 0.2) is 42.9 Å². The normalized spacial score (nSPS) is 11.0. The maximum Gasteiger partial charge on any atom is 0.372 e. The van der Waals surface area contributed by atoms with E-state index in [0.29, 0.717) is 0 Å². The molecule has 0 aliphatic rings. The summed E-state index contributed by atoms with van der Waals surface area (Å²) in [7, 11) is 0. The Morgan fingerprint density at radius 2 is 2.13 bits per heavy atom. The Bertz CT molecular complexity index is 839. The molecule has 0 spiro atoms. The highest BCUT2D eigenvalue weighted by Gasteiger charge is 2.12. The topological polar surface area (TPSA) is 67.5 Å². The standard InChI is InChI=1S/C18H19N3O2/c1-2-3-4-7-16-15(6-5-9-19-16)13-8-10-21-14(11-13)12-20-17(21)18(22)23/h5-6,8-12H,2-4,7H2,1H3,(H,22,23). The van der Waals surface area contributed by atoms with Gasteiger partial charge >= 0.3 is 5.97 Å². The molecule has 0 fully saturated rings. The molecule has 0 aromatic carbocycles. The summed E-state index contributed by atoms with van der Waals surface area (Å²) in [5.41, 5.74) is 3.99. The zero-order valence-corrected chi connectivity index (χ0v) is 13.1. The molecule has 0 saturated carbocycles. The highest BCUT2D eigenvalue weighted by molar-refractivity contribution is 5.85. The maximum absolute atomic E-state index is 11.1. The van der Waals surface area contributed by atoms with Crippen LogP contribution in [0.3, 0.4) is 0 Å². The molecule has 1 N–H and O–H groups in total. The number of carboxylic acids is 1. The molecular weight excluding hydrogens is 290 g/mol. The first-order valence-electron chi connectivity index (χ1n) is 7.85. The highest BCUT2D eigenvalue weighted by atomic mass is 16.4. The lowest BCUT2D eigenvalue weighted by Crippen LogP contribution is -2.03. The van der Waals surface area contributed by atoms with Gasteiger partial charge in [-0.25, -0.2) is 9.78 Å². The smallest absolute Gasteiger partial charge is 0.372 e. The minimum atomic E-state index is -1.03. The number of aryl methyl sites for hydroxylation is 1. The quantitative estimate of drug-likeness (QED) is 0.703. The molecule has 0 unspecified atom stereocenters. The second-order valence-electron chi connectivity index (χ2n) is 5.55. The van der Waals surface area contributed by atoms with Gasteiger partial charge < -0.3 is 5.11 Å². The Hall–Kier alpha value is -2.69. The van der Waals surface area contributed by atoms with Crippen molar-refractivity contribution in [2.75, 3.05) is 0 Å². The van der Waals surface area contributed by atoms with E-state index in [2.05, 4.69) is 23.0 Å². The molecule has 0 atom stereocenters. The number of carbonyl (C=O) groups is 1. The van der Waals surface area contributed by atoms with Crippen molar-refractivity contribution in [1.82, 2.24) is 14.4 Å². The Balaban J connectivity index is 1.98. The van der Waals surface area contributed by atoms with Crippen LogP contribution in [0.4, 0.5) is 0 Å². The van der Waals surface area contributed by atoms with E-state index in [1.54, 1.807) is 16.8 Å². The monoisotopic (exact) mass is 309 g/mol. The predicted octanol–water partition coefficient (Wildman–Crippen LogP) is 3.83. The second kappa shape index (κ2) is 6.60. The molecule has 0 radical (unpaired) electrons. The molecule has 0 bridgehead atoms. The molecule has 3 aromatic heterocycles. The van der Waals surface area contributed by atoms with E-state index in [1.165, 1.54) is 12.8 Å². The summed E-state index contributed by atoms with van der Waals surface area (Å²) in [6.07, 6.45) is 9.61. The summed E-state index contributed by atoms with van der Waals surface area (Å²) in [6, 6.07) is 7.87. The fourth-order valence-electron chi connectivity index (χ4n) is 2.77. The molecule has 0 amide bonds. The van der Waals surface area contributed by atoms with E-state index in [1.807, 2.05) is 24.4 Å². The van der Waals surface area contributed by atoms with Crippen molar-refractivity contribution in [3.05, 3.63) is 54.4 Å². The van der Waals surface area contributed by atoms with Crippen LogP contribution in [-0.4, -0.2) is 25.4 Å². The molecule has 0 aliphatic heterocycles. The molecule has 0 aliphatic carbocycles. The Morgan fingerprint density at radius 3 is 2.91 bits per heavy atom. The summed E-state index contributed by atoms with van der Waals surface area (Å²) in [5.74, 6) is -1.000. The summed E-state index contributed by atoms with van der Waals surface area (Å²) in [4.78, 5) is 19.6. The number of aromatic carboxylic acids is 1. The van der Waals surface area contributed by atoms with Crippen LogP contribution in [-0.2, 0) is 6.42 Å². The summed E-state index contributed by atoms with van der Waals surface area (Å²) < 4.78 is 1.58. The zero-order chi connectivity index (χ0) is 16.2. The third kappa shape index (κ3) is 3.08. The van der Waals surface area contributed by atoms with Gasteiger partial charge in [0, 0.05) is 23.7 Å². The van der Waals surface area contributed by atoms with Crippen LogP contribution in [0, 0.1) is 0 Å². The SMILES string of the molecule is CCCCCc1ncccc1-c1ccn2c(C(=O)O)ncc2c1. The predicted molar refractivity (Wildman–Crippen MR) is 88.6 cm³/mol. The number of fused-ring (bicyclic) bond motifs is 1. The lowest BCUT2D eigenvalue weighted by Gasteiger charge is -2.09. The minimum absolute atomic E-state index is 0.0286.